The summed E-state index contributed by atoms with van der Waals surface area (Å²) in [5, 5.41) is 2.85. The number of methoxy groups -OCH3 is 1. The minimum atomic E-state index is 0.132. The Morgan fingerprint density at radius 3 is 2.67 bits per heavy atom. The van der Waals surface area contributed by atoms with Gasteiger partial charge in [0.1, 0.15) is 6.61 Å². The Morgan fingerprint density at radius 2 is 1.95 bits per heavy atom. The van der Waals surface area contributed by atoms with Gasteiger partial charge in [0.25, 0.3) is 0 Å². The topological polar surface area (TPSA) is 47.6 Å². The van der Waals surface area contributed by atoms with Crippen LogP contribution in [-0.2, 0) is 4.79 Å². The molecular weight excluding hydrogens is 266 g/mol. The number of benzene rings is 1. The second-order valence-electron chi connectivity index (χ2n) is 4.99. The van der Waals surface area contributed by atoms with Gasteiger partial charge in [-0.15, -0.1) is 0 Å². The van der Waals surface area contributed by atoms with Gasteiger partial charge in [-0.05, 0) is 25.0 Å². The number of hydrogen-bond donors (Lipinski definition) is 1. The molecule has 1 aliphatic rings. The van der Waals surface area contributed by atoms with Gasteiger partial charge in [-0.1, -0.05) is 36.8 Å². The molecule has 0 unspecified atom stereocenters. The number of amides is 1. The lowest BCUT2D eigenvalue weighted by molar-refractivity contribution is -0.124. The van der Waals surface area contributed by atoms with Crippen LogP contribution in [0.15, 0.2) is 24.3 Å². The molecule has 1 N–H and O–H groups in total. The van der Waals surface area contributed by atoms with Crippen molar-refractivity contribution in [2.45, 2.75) is 25.7 Å². The van der Waals surface area contributed by atoms with Gasteiger partial charge in [0.05, 0.1) is 13.7 Å². The van der Waals surface area contributed by atoms with Crippen LogP contribution in [0.25, 0.3) is 0 Å². The minimum absolute atomic E-state index is 0.132. The predicted octanol–water partition coefficient (Wildman–Crippen LogP) is 2.38. The molecule has 4 heteroatoms. The molecule has 0 saturated heterocycles. The third-order valence-corrected chi connectivity index (χ3v) is 3.57. The zero-order chi connectivity index (χ0) is 14.9. The first kappa shape index (κ1) is 15.2. The monoisotopic (exact) mass is 287 g/mol. The molecule has 1 aliphatic carbocycles. The molecule has 0 heterocycles. The van der Waals surface area contributed by atoms with Crippen molar-refractivity contribution >= 4 is 5.91 Å². The smallest absolute Gasteiger partial charge is 0.223 e. The zero-order valence-corrected chi connectivity index (χ0v) is 12.4. The number of rotatable bonds is 5. The van der Waals surface area contributed by atoms with Gasteiger partial charge in [-0.3, -0.25) is 4.79 Å². The van der Waals surface area contributed by atoms with Crippen LogP contribution in [-0.4, -0.2) is 26.2 Å². The van der Waals surface area contributed by atoms with Crippen LogP contribution in [0.4, 0.5) is 0 Å². The molecule has 0 bridgehead atoms. The van der Waals surface area contributed by atoms with E-state index in [1.165, 1.54) is 0 Å². The van der Waals surface area contributed by atoms with E-state index in [0.717, 1.165) is 25.7 Å². The van der Waals surface area contributed by atoms with Crippen molar-refractivity contribution in [2.75, 3.05) is 20.3 Å². The Hall–Kier alpha value is -2.15. The molecule has 4 nitrogen and oxygen atoms in total. The van der Waals surface area contributed by atoms with Gasteiger partial charge in [-0.25, -0.2) is 0 Å². The number of hydrogen-bond acceptors (Lipinski definition) is 3. The third kappa shape index (κ3) is 4.71. The van der Waals surface area contributed by atoms with Crippen LogP contribution in [0.3, 0.4) is 0 Å². The maximum absolute atomic E-state index is 11.8. The van der Waals surface area contributed by atoms with Gasteiger partial charge in [0, 0.05) is 5.92 Å². The fraction of sp³-hybridized carbons (Fsp3) is 0.471. The summed E-state index contributed by atoms with van der Waals surface area (Å²) >= 11 is 0. The molecule has 1 amide bonds. The second kappa shape index (κ2) is 8.21. The summed E-state index contributed by atoms with van der Waals surface area (Å²) in [6.07, 6.45) is 4.35. The number of para-hydroxylation sites is 2. The lowest BCUT2D eigenvalue weighted by Gasteiger charge is -2.08. The van der Waals surface area contributed by atoms with E-state index >= 15 is 0 Å². The summed E-state index contributed by atoms with van der Waals surface area (Å²) in [5.41, 5.74) is 0. The van der Waals surface area contributed by atoms with Crippen molar-refractivity contribution in [1.82, 2.24) is 5.32 Å². The molecule has 0 spiro atoms. The van der Waals surface area contributed by atoms with Crippen molar-refractivity contribution in [3.63, 3.8) is 0 Å². The van der Waals surface area contributed by atoms with Crippen molar-refractivity contribution in [2.24, 2.45) is 5.92 Å². The van der Waals surface area contributed by atoms with Crippen molar-refractivity contribution in [3.05, 3.63) is 24.3 Å². The SMILES string of the molecule is COc1ccccc1OCC#CCNC(=O)C1CCCC1. The van der Waals surface area contributed by atoms with E-state index in [0.29, 0.717) is 18.0 Å². The van der Waals surface area contributed by atoms with Gasteiger partial charge in [-0.2, -0.15) is 0 Å². The standard InChI is InChI=1S/C17H21NO3/c1-20-15-10-4-5-11-16(15)21-13-7-6-12-18-17(19)14-8-2-3-9-14/h4-5,10-11,14H,2-3,8-9,12-13H2,1H3,(H,18,19). The first-order valence-electron chi connectivity index (χ1n) is 7.30. The second-order valence-corrected chi connectivity index (χ2v) is 4.99. The molecule has 1 aromatic carbocycles. The number of carbonyl (C=O) groups is 1. The van der Waals surface area contributed by atoms with Gasteiger partial charge < -0.3 is 14.8 Å². The van der Waals surface area contributed by atoms with Crippen LogP contribution in [0.1, 0.15) is 25.7 Å². The number of nitrogens with one attached hydrogen (secondary N) is 1. The van der Waals surface area contributed by atoms with Crippen molar-refractivity contribution in [3.8, 4) is 23.3 Å². The molecule has 1 aromatic rings. The highest BCUT2D eigenvalue weighted by Gasteiger charge is 2.21. The van der Waals surface area contributed by atoms with Gasteiger partial charge in [0.2, 0.25) is 5.91 Å². The quantitative estimate of drug-likeness (QED) is 0.846. The highest BCUT2D eigenvalue weighted by Crippen LogP contribution is 2.25. The Balaban J connectivity index is 1.68. The molecule has 112 valence electrons. The average molecular weight is 287 g/mol. The highest BCUT2D eigenvalue weighted by molar-refractivity contribution is 5.79. The summed E-state index contributed by atoms with van der Waals surface area (Å²) in [7, 11) is 1.60. The fourth-order valence-electron chi connectivity index (χ4n) is 2.43. The molecule has 1 saturated carbocycles. The Labute approximate surface area is 125 Å². The minimum Gasteiger partial charge on any atom is -0.493 e. The molecule has 21 heavy (non-hydrogen) atoms. The maximum atomic E-state index is 11.8. The van der Waals surface area contributed by atoms with Crippen LogP contribution >= 0.6 is 0 Å². The van der Waals surface area contributed by atoms with E-state index in [9.17, 15) is 4.79 Å². The molecule has 1 fully saturated rings. The van der Waals surface area contributed by atoms with E-state index in [1.54, 1.807) is 7.11 Å². The molecule has 0 radical (unpaired) electrons. The third-order valence-electron chi connectivity index (χ3n) is 3.57. The van der Waals surface area contributed by atoms with Gasteiger partial charge in [0.15, 0.2) is 11.5 Å². The van der Waals surface area contributed by atoms with E-state index in [4.69, 9.17) is 9.47 Å². The molecule has 0 atom stereocenters. The zero-order valence-electron chi connectivity index (χ0n) is 12.4. The molecule has 2 rings (SSSR count). The summed E-state index contributed by atoms with van der Waals surface area (Å²) in [4.78, 5) is 11.8. The molecule has 0 aliphatic heterocycles. The van der Waals surface area contributed by atoms with Crippen LogP contribution in [0.2, 0.25) is 0 Å². The Bertz CT molecular complexity index is 524. The molecule has 0 aromatic heterocycles. The number of ether oxygens (including phenoxy) is 2. The van der Waals surface area contributed by atoms with E-state index in [1.807, 2.05) is 24.3 Å². The molecular formula is C17H21NO3. The van der Waals surface area contributed by atoms with Crippen molar-refractivity contribution in [1.29, 1.82) is 0 Å². The lowest BCUT2D eigenvalue weighted by Crippen LogP contribution is -2.29. The van der Waals surface area contributed by atoms with Gasteiger partial charge >= 0.3 is 0 Å². The van der Waals surface area contributed by atoms with Crippen LogP contribution in [0, 0.1) is 17.8 Å². The summed E-state index contributed by atoms with van der Waals surface area (Å²) in [5.74, 6) is 7.47. The normalized spacial score (nSPS) is 14.1. The van der Waals surface area contributed by atoms with Crippen molar-refractivity contribution < 1.29 is 14.3 Å². The first-order valence-corrected chi connectivity index (χ1v) is 7.30. The summed E-state index contributed by atoms with van der Waals surface area (Å²) in [6.45, 7) is 0.657. The maximum Gasteiger partial charge on any atom is 0.223 e. The Kier molecular flexibility index (Phi) is 5.96. The summed E-state index contributed by atoms with van der Waals surface area (Å²) in [6, 6.07) is 7.44. The largest absolute Gasteiger partial charge is 0.493 e. The van der Waals surface area contributed by atoms with Crippen LogP contribution < -0.4 is 14.8 Å². The fourth-order valence-corrected chi connectivity index (χ4v) is 2.43. The van der Waals surface area contributed by atoms with Crippen LogP contribution in [0.5, 0.6) is 11.5 Å². The van der Waals surface area contributed by atoms with E-state index < -0.39 is 0 Å². The lowest BCUT2D eigenvalue weighted by atomic mass is 10.1. The highest BCUT2D eigenvalue weighted by atomic mass is 16.5. The first-order chi connectivity index (χ1) is 10.3. The summed E-state index contributed by atoms with van der Waals surface area (Å²) < 4.78 is 10.7. The Morgan fingerprint density at radius 1 is 1.24 bits per heavy atom. The average Bonchev–Trinajstić information content (AvgIpc) is 3.05. The predicted molar refractivity (Wildman–Crippen MR) is 81.2 cm³/mol. The van der Waals surface area contributed by atoms with E-state index in [2.05, 4.69) is 17.2 Å². The number of carbonyl (C=O) groups excluding carboxylic acids is 1. The van der Waals surface area contributed by atoms with E-state index in [-0.39, 0.29) is 18.4 Å².